The Kier molecular flexibility index (Phi) is 1.79. The van der Waals surface area contributed by atoms with Crippen molar-refractivity contribution >= 4 is 5.97 Å². The van der Waals surface area contributed by atoms with Gasteiger partial charge in [-0.25, -0.2) is 0 Å². The van der Waals surface area contributed by atoms with Crippen LogP contribution in [0.2, 0.25) is 0 Å². The van der Waals surface area contributed by atoms with Crippen LogP contribution < -0.4 is 0 Å². The highest BCUT2D eigenvalue weighted by Gasteiger charge is 2.35. The van der Waals surface area contributed by atoms with Crippen LogP contribution in [-0.2, 0) is 4.79 Å². The average molecular weight is 140 g/mol. The fourth-order valence-electron chi connectivity index (χ4n) is 1.39. The molecule has 2 heteroatoms. The summed E-state index contributed by atoms with van der Waals surface area (Å²) in [7, 11) is 0. The SMILES string of the molecule is C=CC1(CC(=O)O)CCC1. The van der Waals surface area contributed by atoms with E-state index in [4.69, 9.17) is 5.11 Å². The molecule has 0 amide bonds. The van der Waals surface area contributed by atoms with Gasteiger partial charge in [-0.05, 0) is 18.3 Å². The van der Waals surface area contributed by atoms with E-state index in [0.29, 0.717) is 0 Å². The van der Waals surface area contributed by atoms with Gasteiger partial charge < -0.3 is 5.11 Å². The topological polar surface area (TPSA) is 37.3 Å². The van der Waals surface area contributed by atoms with Crippen molar-refractivity contribution in [2.24, 2.45) is 5.41 Å². The summed E-state index contributed by atoms with van der Waals surface area (Å²) in [6.45, 7) is 3.64. The Labute approximate surface area is 60.6 Å². The summed E-state index contributed by atoms with van der Waals surface area (Å²) < 4.78 is 0. The van der Waals surface area contributed by atoms with E-state index in [1.807, 2.05) is 0 Å². The van der Waals surface area contributed by atoms with E-state index < -0.39 is 5.97 Å². The molecule has 0 aromatic carbocycles. The molecule has 0 aliphatic heterocycles. The largest absolute Gasteiger partial charge is 0.481 e. The number of rotatable bonds is 3. The Hall–Kier alpha value is -0.790. The summed E-state index contributed by atoms with van der Waals surface area (Å²) in [6.07, 6.45) is 5.21. The predicted molar refractivity (Wildman–Crippen MR) is 38.7 cm³/mol. The molecule has 0 atom stereocenters. The third-order valence-electron chi connectivity index (χ3n) is 2.29. The van der Waals surface area contributed by atoms with Gasteiger partial charge in [-0.2, -0.15) is 0 Å². The summed E-state index contributed by atoms with van der Waals surface area (Å²) in [6, 6.07) is 0. The molecule has 1 saturated carbocycles. The number of carboxylic acid groups (broad SMARTS) is 1. The molecule has 1 fully saturated rings. The van der Waals surface area contributed by atoms with Crippen molar-refractivity contribution in [3.05, 3.63) is 12.7 Å². The highest BCUT2D eigenvalue weighted by atomic mass is 16.4. The van der Waals surface area contributed by atoms with Crippen molar-refractivity contribution in [1.29, 1.82) is 0 Å². The number of carbonyl (C=O) groups is 1. The standard InChI is InChI=1S/C8H12O2/c1-2-8(4-3-5-8)6-7(9)10/h2H,1,3-6H2,(H,9,10). The fourth-order valence-corrected chi connectivity index (χ4v) is 1.39. The number of carboxylic acids is 1. The molecule has 56 valence electrons. The maximum absolute atomic E-state index is 10.3. The molecule has 0 bridgehead atoms. The first-order valence-corrected chi connectivity index (χ1v) is 3.54. The fraction of sp³-hybridized carbons (Fsp3) is 0.625. The normalized spacial score (nSPS) is 21.2. The van der Waals surface area contributed by atoms with Crippen molar-refractivity contribution in [2.75, 3.05) is 0 Å². The number of hydrogen-bond acceptors (Lipinski definition) is 1. The molecule has 1 aliphatic carbocycles. The highest BCUT2D eigenvalue weighted by molar-refractivity contribution is 5.68. The van der Waals surface area contributed by atoms with Crippen LogP contribution in [0.3, 0.4) is 0 Å². The molecule has 10 heavy (non-hydrogen) atoms. The summed E-state index contributed by atoms with van der Waals surface area (Å²) in [4.78, 5) is 10.3. The first kappa shape index (κ1) is 7.32. The van der Waals surface area contributed by atoms with E-state index in [-0.39, 0.29) is 11.8 Å². The van der Waals surface area contributed by atoms with E-state index in [9.17, 15) is 4.79 Å². The summed E-state index contributed by atoms with van der Waals surface area (Å²) in [5.74, 6) is -0.709. The minimum atomic E-state index is -0.709. The highest BCUT2D eigenvalue weighted by Crippen LogP contribution is 2.44. The number of aliphatic carboxylic acids is 1. The zero-order chi connectivity index (χ0) is 7.61. The van der Waals surface area contributed by atoms with Gasteiger partial charge in [-0.3, -0.25) is 4.79 Å². The van der Waals surface area contributed by atoms with Crippen LogP contribution in [-0.4, -0.2) is 11.1 Å². The van der Waals surface area contributed by atoms with Gasteiger partial charge >= 0.3 is 5.97 Å². The van der Waals surface area contributed by atoms with Crippen LogP contribution in [0.25, 0.3) is 0 Å². The molecule has 2 nitrogen and oxygen atoms in total. The van der Waals surface area contributed by atoms with Gasteiger partial charge in [-0.1, -0.05) is 12.5 Å². The maximum Gasteiger partial charge on any atom is 0.304 e. The third-order valence-corrected chi connectivity index (χ3v) is 2.29. The quantitative estimate of drug-likeness (QED) is 0.607. The molecule has 0 spiro atoms. The molecule has 0 unspecified atom stereocenters. The summed E-state index contributed by atoms with van der Waals surface area (Å²) >= 11 is 0. The Bertz CT molecular complexity index is 157. The lowest BCUT2D eigenvalue weighted by molar-refractivity contribution is -0.140. The summed E-state index contributed by atoms with van der Waals surface area (Å²) in [5.41, 5.74) is -0.0498. The molecular formula is C8H12O2. The van der Waals surface area contributed by atoms with Crippen LogP contribution in [0.4, 0.5) is 0 Å². The van der Waals surface area contributed by atoms with Crippen molar-refractivity contribution < 1.29 is 9.90 Å². The van der Waals surface area contributed by atoms with E-state index in [1.165, 1.54) is 0 Å². The molecule has 0 aromatic rings. The monoisotopic (exact) mass is 140 g/mol. The third kappa shape index (κ3) is 1.20. The van der Waals surface area contributed by atoms with Gasteiger partial charge in [0.25, 0.3) is 0 Å². The van der Waals surface area contributed by atoms with Crippen LogP contribution >= 0.6 is 0 Å². The van der Waals surface area contributed by atoms with Crippen molar-refractivity contribution in [3.63, 3.8) is 0 Å². The van der Waals surface area contributed by atoms with Gasteiger partial charge in [-0.15, -0.1) is 6.58 Å². The van der Waals surface area contributed by atoms with Gasteiger partial charge in [0.2, 0.25) is 0 Å². The van der Waals surface area contributed by atoms with Gasteiger partial charge in [0.1, 0.15) is 0 Å². The molecule has 1 aliphatic rings. The zero-order valence-corrected chi connectivity index (χ0v) is 5.97. The summed E-state index contributed by atoms with van der Waals surface area (Å²) in [5, 5.41) is 8.50. The number of hydrogen-bond donors (Lipinski definition) is 1. The van der Waals surface area contributed by atoms with Crippen LogP contribution in [0.1, 0.15) is 25.7 Å². The van der Waals surface area contributed by atoms with E-state index in [0.717, 1.165) is 19.3 Å². The van der Waals surface area contributed by atoms with E-state index >= 15 is 0 Å². The van der Waals surface area contributed by atoms with Crippen LogP contribution in [0.5, 0.6) is 0 Å². The molecule has 0 heterocycles. The second-order valence-electron chi connectivity index (χ2n) is 2.99. The first-order chi connectivity index (χ1) is 4.68. The lowest BCUT2D eigenvalue weighted by Gasteiger charge is -2.37. The Balaban J connectivity index is 2.48. The molecule has 1 N–H and O–H groups in total. The van der Waals surface area contributed by atoms with Gasteiger partial charge in [0.15, 0.2) is 0 Å². The zero-order valence-electron chi connectivity index (χ0n) is 5.97. The smallest absolute Gasteiger partial charge is 0.304 e. The molecule has 0 saturated heterocycles. The predicted octanol–water partition coefficient (Wildman–Crippen LogP) is 1.82. The lowest BCUT2D eigenvalue weighted by Crippen LogP contribution is -2.29. The van der Waals surface area contributed by atoms with Crippen molar-refractivity contribution in [2.45, 2.75) is 25.7 Å². The number of allylic oxidation sites excluding steroid dienone is 1. The second kappa shape index (κ2) is 2.45. The minimum Gasteiger partial charge on any atom is -0.481 e. The molecule has 0 radical (unpaired) electrons. The van der Waals surface area contributed by atoms with Crippen LogP contribution in [0.15, 0.2) is 12.7 Å². The lowest BCUT2D eigenvalue weighted by atomic mass is 9.67. The van der Waals surface area contributed by atoms with Crippen LogP contribution in [0, 0.1) is 5.41 Å². The maximum atomic E-state index is 10.3. The second-order valence-corrected chi connectivity index (χ2v) is 2.99. The Morgan fingerprint density at radius 3 is 2.40 bits per heavy atom. The Morgan fingerprint density at radius 2 is 2.30 bits per heavy atom. The van der Waals surface area contributed by atoms with Crippen molar-refractivity contribution in [3.8, 4) is 0 Å². The van der Waals surface area contributed by atoms with Crippen molar-refractivity contribution in [1.82, 2.24) is 0 Å². The van der Waals surface area contributed by atoms with E-state index in [1.54, 1.807) is 6.08 Å². The Morgan fingerprint density at radius 1 is 1.70 bits per heavy atom. The molecular weight excluding hydrogens is 128 g/mol. The minimum absolute atomic E-state index is 0.0498. The van der Waals surface area contributed by atoms with E-state index in [2.05, 4.69) is 6.58 Å². The van der Waals surface area contributed by atoms with Gasteiger partial charge in [0.05, 0.1) is 6.42 Å². The molecule has 1 rings (SSSR count). The average Bonchev–Trinajstić information content (AvgIpc) is 1.78. The molecule has 0 aromatic heterocycles. The van der Waals surface area contributed by atoms with Gasteiger partial charge in [0, 0.05) is 0 Å². The first-order valence-electron chi connectivity index (χ1n) is 3.54.